The van der Waals surface area contributed by atoms with Crippen LogP contribution in [0.3, 0.4) is 0 Å². The van der Waals surface area contributed by atoms with Gasteiger partial charge in [-0.25, -0.2) is 9.50 Å². The van der Waals surface area contributed by atoms with Crippen molar-refractivity contribution in [2.24, 2.45) is 0 Å². The predicted molar refractivity (Wildman–Crippen MR) is 55.4 cm³/mol. The fourth-order valence-corrected chi connectivity index (χ4v) is 1.72. The van der Waals surface area contributed by atoms with Crippen molar-refractivity contribution in [1.82, 2.24) is 14.6 Å². The summed E-state index contributed by atoms with van der Waals surface area (Å²) in [5.41, 5.74) is 1.94. The Hall–Kier alpha value is -1.23. The van der Waals surface area contributed by atoms with Crippen LogP contribution < -0.4 is 0 Å². The zero-order valence-electron chi connectivity index (χ0n) is 7.78. The minimum atomic E-state index is -0.0272. The monoisotopic (exact) mass is 253 g/mol. The second-order valence-corrected chi connectivity index (χ2v) is 3.84. The number of aryl methyl sites for hydroxylation is 1. The van der Waals surface area contributed by atoms with Crippen molar-refractivity contribution in [3.05, 3.63) is 28.1 Å². The van der Waals surface area contributed by atoms with Gasteiger partial charge in [0.2, 0.25) is 0 Å². The molecule has 2 heterocycles. The number of carbonyl (C=O) groups is 1. The second-order valence-electron chi connectivity index (χ2n) is 3.03. The van der Waals surface area contributed by atoms with Crippen molar-refractivity contribution >= 4 is 27.4 Å². The maximum Gasteiger partial charge on any atom is 0.180 e. The zero-order valence-corrected chi connectivity index (χ0v) is 9.37. The van der Waals surface area contributed by atoms with Gasteiger partial charge in [-0.05, 0) is 35.0 Å². The molecule has 0 bridgehead atoms. The molecule has 0 aliphatic heterocycles. The minimum Gasteiger partial charge on any atom is -0.293 e. The molecule has 4 nitrogen and oxygen atoms in total. The summed E-state index contributed by atoms with van der Waals surface area (Å²) < 4.78 is 2.24. The Morgan fingerprint density at radius 1 is 1.50 bits per heavy atom. The lowest BCUT2D eigenvalue weighted by Crippen LogP contribution is -2.03. The van der Waals surface area contributed by atoms with Gasteiger partial charge < -0.3 is 0 Å². The predicted octanol–water partition coefficient (Wildman–Crippen LogP) is 2.00. The fraction of sp³-hybridized carbons (Fsp3) is 0.222. The van der Waals surface area contributed by atoms with Crippen LogP contribution >= 0.6 is 15.9 Å². The summed E-state index contributed by atoms with van der Waals surface area (Å²) in [6, 6.07) is 3.61. The van der Waals surface area contributed by atoms with Crippen molar-refractivity contribution in [1.29, 1.82) is 0 Å². The second kappa shape index (κ2) is 3.16. The van der Waals surface area contributed by atoms with E-state index in [0.29, 0.717) is 21.6 Å². The lowest BCUT2D eigenvalue weighted by atomic mass is 10.3. The number of Topliss-reactive ketones (excluding diaryl/α,β-unsaturated/α-hetero) is 1. The molecule has 2 rings (SSSR count). The number of hydrogen-bond acceptors (Lipinski definition) is 3. The van der Waals surface area contributed by atoms with Crippen molar-refractivity contribution in [2.45, 2.75) is 13.8 Å². The molecule has 5 heteroatoms. The first-order chi connectivity index (χ1) is 6.59. The standard InChI is InChI=1S/C9H8BrN3O/c1-5-9(6(2)14)13-8(11-5)4-3-7(10)12-13/h3-4H,1-2H3. The van der Waals surface area contributed by atoms with E-state index >= 15 is 0 Å². The molecule has 0 amide bonds. The highest BCUT2D eigenvalue weighted by Gasteiger charge is 2.13. The van der Waals surface area contributed by atoms with Crippen LogP contribution in [0.4, 0.5) is 0 Å². The smallest absolute Gasteiger partial charge is 0.180 e. The lowest BCUT2D eigenvalue weighted by Gasteiger charge is -1.96. The molecule has 0 saturated heterocycles. The molecule has 0 fully saturated rings. The third-order valence-corrected chi connectivity index (χ3v) is 2.38. The Labute approximate surface area is 89.1 Å². The van der Waals surface area contributed by atoms with Crippen LogP contribution in [0.15, 0.2) is 16.7 Å². The van der Waals surface area contributed by atoms with Crippen molar-refractivity contribution in [3.8, 4) is 0 Å². The molecule has 0 N–H and O–H groups in total. The average molecular weight is 254 g/mol. The first-order valence-corrected chi connectivity index (χ1v) is 4.91. The quantitative estimate of drug-likeness (QED) is 0.731. The van der Waals surface area contributed by atoms with Gasteiger partial charge in [-0.15, -0.1) is 0 Å². The van der Waals surface area contributed by atoms with Gasteiger partial charge in [-0.1, -0.05) is 0 Å². The van der Waals surface area contributed by atoms with E-state index in [4.69, 9.17) is 0 Å². The van der Waals surface area contributed by atoms with Crippen molar-refractivity contribution in [2.75, 3.05) is 0 Å². The number of halogens is 1. The molecule has 0 aromatic carbocycles. The maximum atomic E-state index is 11.3. The summed E-state index contributed by atoms with van der Waals surface area (Å²) in [4.78, 5) is 15.6. The Balaban J connectivity index is 2.86. The SMILES string of the molecule is CC(=O)c1c(C)nc2ccc(Br)nn12. The Kier molecular flexibility index (Phi) is 2.11. The molecule has 0 unspecified atom stereocenters. The molecule has 0 saturated carbocycles. The highest BCUT2D eigenvalue weighted by Crippen LogP contribution is 2.13. The highest BCUT2D eigenvalue weighted by atomic mass is 79.9. The van der Waals surface area contributed by atoms with E-state index in [1.807, 2.05) is 6.07 Å². The number of ketones is 1. The summed E-state index contributed by atoms with van der Waals surface area (Å²) in [6.07, 6.45) is 0. The van der Waals surface area contributed by atoms with Crippen molar-refractivity contribution in [3.63, 3.8) is 0 Å². The summed E-state index contributed by atoms with van der Waals surface area (Å²) >= 11 is 3.25. The first kappa shape index (κ1) is 9.33. The van der Waals surface area contributed by atoms with Gasteiger partial charge in [0, 0.05) is 6.92 Å². The topological polar surface area (TPSA) is 47.3 Å². The third kappa shape index (κ3) is 1.33. The van der Waals surface area contributed by atoms with Gasteiger partial charge in [-0.3, -0.25) is 4.79 Å². The van der Waals surface area contributed by atoms with E-state index < -0.39 is 0 Å². The Morgan fingerprint density at radius 3 is 2.86 bits per heavy atom. The molecule has 0 aliphatic carbocycles. The maximum absolute atomic E-state index is 11.3. The molecule has 0 radical (unpaired) electrons. The molecule has 2 aromatic rings. The number of carbonyl (C=O) groups excluding carboxylic acids is 1. The van der Waals surface area contributed by atoms with Crippen LogP contribution in [0.5, 0.6) is 0 Å². The van der Waals surface area contributed by atoms with E-state index in [9.17, 15) is 4.79 Å². The van der Waals surface area contributed by atoms with Crippen LogP contribution in [0, 0.1) is 6.92 Å². The molecule has 72 valence electrons. The van der Waals surface area contributed by atoms with Gasteiger partial charge in [0.15, 0.2) is 11.4 Å². The molecular weight excluding hydrogens is 246 g/mol. The van der Waals surface area contributed by atoms with E-state index in [0.717, 1.165) is 0 Å². The van der Waals surface area contributed by atoms with E-state index in [1.54, 1.807) is 17.5 Å². The number of aromatic nitrogens is 3. The molecule has 0 aliphatic rings. The minimum absolute atomic E-state index is 0.0272. The van der Waals surface area contributed by atoms with Gasteiger partial charge in [0.25, 0.3) is 0 Å². The summed E-state index contributed by atoms with van der Waals surface area (Å²) in [7, 11) is 0. The first-order valence-electron chi connectivity index (χ1n) is 4.12. The average Bonchev–Trinajstić information content (AvgIpc) is 2.40. The van der Waals surface area contributed by atoms with Crippen LogP contribution in [-0.4, -0.2) is 20.4 Å². The van der Waals surface area contributed by atoms with Crippen molar-refractivity contribution < 1.29 is 4.79 Å². The molecule has 14 heavy (non-hydrogen) atoms. The molecule has 0 spiro atoms. The van der Waals surface area contributed by atoms with Gasteiger partial charge in [0.05, 0.1) is 5.69 Å². The highest BCUT2D eigenvalue weighted by molar-refractivity contribution is 9.10. The van der Waals surface area contributed by atoms with Gasteiger partial charge >= 0.3 is 0 Å². The van der Waals surface area contributed by atoms with Crippen LogP contribution in [0.25, 0.3) is 5.65 Å². The van der Waals surface area contributed by atoms with E-state index in [2.05, 4.69) is 26.0 Å². The third-order valence-electron chi connectivity index (χ3n) is 1.95. The van der Waals surface area contributed by atoms with E-state index in [-0.39, 0.29) is 5.78 Å². The number of imidazole rings is 1. The Bertz CT molecular complexity index is 518. The lowest BCUT2D eigenvalue weighted by molar-refractivity contribution is 0.101. The van der Waals surface area contributed by atoms with Crippen LogP contribution in [-0.2, 0) is 0 Å². The number of fused-ring (bicyclic) bond motifs is 1. The fourth-order valence-electron chi connectivity index (χ4n) is 1.43. The number of nitrogens with zero attached hydrogens (tertiary/aromatic N) is 3. The van der Waals surface area contributed by atoms with E-state index in [1.165, 1.54) is 6.92 Å². The van der Waals surface area contributed by atoms with Gasteiger partial charge in [0.1, 0.15) is 10.3 Å². The summed E-state index contributed by atoms with van der Waals surface area (Å²) in [6.45, 7) is 3.32. The normalized spacial score (nSPS) is 10.8. The van der Waals surface area contributed by atoms with Crippen LogP contribution in [0.1, 0.15) is 23.1 Å². The number of hydrogen-bond donors (Lipinski definition) is 0. The largest absolute Gasteiger partial charge is 0.293 e. The number of rotatable bonds is 1. The summed E-state index contributed by atoms with van der Waals surface area (Å²) in [5, 5.41) is 4.17. The van der Waals surface area contributed by atoms with Gasteiger partial charge in [-0.2, -0.15) is 5.10 Å². The molecule has 0 atom stereocenters. The molecule has 2 aromatic heterocycles. The zero-order chi connectivity index (χ0) is 10.3. The Morgan fingerprint density at radius 2 is 2.21 bits per heavy atom. The molecular formula is C9H8BrN3O. The summed E-state index contributed by atoms with van der Waals surface area (Å²) in [5.74, 6) is -0.0272. The van der Waals surface area contributed by atoms with Crippen LogP contribution in [0.2, 0.25) is 0 Å².